The van der Waals surface area contributed by atoms with Crippen molar-refractivity contribution in [2.75, 3.05) is 0 Å². The number of nitrogens with zero attached hydrogens (tertiary/aromatic N) is 2. The second kappa shape index (κ2) is 6.32. The van der Waals surface area contributed by atoms with Gasteiger partial charge in [0.25, 0.3) is 5.91 Å². The van der Waals surface area contributed by atoms with Crippen LogP contribution in [0.3, 0.4) is 0 Å². The Morgan fingerprint density at radius 3 is 2.83 bits per heavy atom. The van der Waals surface area contributed by atoms with Gasteiger partial charge >= 0.3 is 0 Å². The first-order valence-corrected chi connectivity index (χ1v) is 9.37. The number of hydrogen-bond donors (Lipinski definition) is 1. The molecule has 0 spiro atoms. The van der Waals surface area contributed by atoms with Gasteiger partial charge in [-0.3, -0.25) is 9.78 Å². The van der Waals surface area contributed by atoms with Crippen molar-refractivity contribution in [1.29, 1.82) is 0 Å². The van der Waals surface area contributed by atoms with E-state index in [1.54, 1.807) is 12.4 Å². The van der Waals surface area contributed by atoms with Crippen molar-refractivity contribution in [3.8, 4) is 0 Å². The van der Waals surface area contributed by atoms with Gasteiger partial charge in [0, 0.05) is 16.1 Å². The van der Waals surface area contributed by atoms with Gasteiger partial charge in [-0.15, -0.1) is 11.3 Å². The topological polar surface area (TPSA) is 54.9 Å². The summed E-state index contributed by atoms with van der Waals surface area (Å²) < 4.78 is 0.987. The lowest BCUT2D eigenvalue weighted by molar-refractivity contribution is 0.0935. The minimum absolute atomic E-state index is 0.0143. The Bertz CT molecular complexity index is 736. The quantitative estimate of drug-likeness (QED) is 0.821. The Kier molecular flexibility index (Phi) is 4.56. The molecule has 0 fully saturated rings. The number of pyridine rings is 1. The first kappa shape index (κ1) is 16.6. The predicted octanol–water partition coefficient (Wildman–Crippen LogP) is 4.41. The largest absolute Gasteiger partial charge is 0.343 e. The van der Waals surface area contributed by atoms with E-state index in [0.29, 0.717) is 4.88 Å². The highest BCUT2D eigenvalue weighted by Gasteiger charge is 2.26. The highest BCUT2D eigenvalue weighted by molar-refractivity contribution is 9.10. The average Bonchev–Trinajstić information content (AvgIpc) is 2.97. The van der Waals surface area contributed by atoms with Crippen molar-refractivity contribution in [3.05, 3.63) is 44.1 Å². The van der Waals surface area contributed by atoms with Crippen molar-refractivity contribution < 1.29 is 4.79 Å². The maximum atomic E-state index is 12.6. The number of carbonyl (C=O) groups excluding carboxylic acids is 1. The highest BCUT2D eigenvalue weighted by Crippen LogP contribution is 2.31. The number of aryl methyl sites for hydroxylation is 1. The normalized spacial score (nSPS) is 17.7. The number of rotatable bonds is 2. The molecular formula is C17H20BrN3OS. The van der Waals surface area contributed by atoms with Gasteiger partial charge in [0.05, 0.1) is 22.9 Å². The lowest BCUT2D eigenvalue weighted by atomic mass is 9.92. The van der Waals surface area contributed by atoms with Crippen LogP contribution in [0.2, 0.25) is 0 Å². The van der Waals surface area contributed by atoms with E-state index < -0.39 is 0 Å². The van der Waals surface area contributed by atoms with Gasteiger partial charge in [0.1, 0.15) is 4.88 Å². The van der Waals surface area contributed by atoms with E-state index in [9.17, 15) is 4.79 Å². The number of carbonyl (C=O) groups is 1. The van der Waals surface area contributed by atoms with Gasteiger partial charge in [-0.1, -0.05) is 20.8 Å². The van der Waals surface area contributed by atoms with E-state index >= 15 is 0 Å². The van der Waals surface area contributed by atoms with E-state index in [2.05, 4.69) is 58.1 Å². The Labute approximate surface area is 148 Å². The Morgan fingerprint density at radius 2 is 2.13 bits per heavy atom. The summed E-state index contributed by atoms with van der Waals surface area (Å²) in [7, 11) is 0. The number of fused-ring (bicyclic) bond motifs is 1. The molecular weight excluding hydrogens is 374 g/mol. The summed E-state index contributed by atoms with van der Waals surface area (Å²) in [6.45, 7) is 6.31. The van der Waals surface area contributed by atoms with Gasteiger partial charge in [0.15, 0.2) is 0 Å². The summed E-state index contributed by atoms with van der Waals surface area (Å²) in [5.41, 5.74) is 2.18. The van der Waals surface area contributed by atoms with E-state index in [0.717, 1.165) is 34.4 Å². The molecule has 1 aliphatic rings. The fourth-order valence-corrected chi connectivity index (χ4v) is 3.99. The van der Waals surface area contributed by atoms with Crippen LogP contribution in [-0.4, -0.2) is 15.9 Å². The fraction of sp³-hybridized carbons (Fsp3) is 0.471. The smallest absolute Gasteiger partial charge is 0.263 e. The standard InChI is InChI=1S/C17H20BrN3OS/c1-17(2,3)16-20-9-13(23-16)15(22)21-12-6-4-5-10-7-11(18)8-19-14(10)12/h7-9,12H,4-6H2,1-3H3,(H,21,22). The van der Waals surface area contributed by atoms with Gasteiger partial charge < -0.3 is 5.32 Å². The average molecular weight is 394 g/mol. The van der Waals surface area contributed by atoms with Crippen LogP contribution in [0.25, 0.3) is 0 Å². The van der Waals surface area contributed by atoms with E-state index in [4.69, 9.17) is 0 Å². The predicted molar refractivity (Wildman–Crippen MR) is 95.9 cm³/mol. The zero-order chi connectivity index (χ0) is 16.6. The van der Waals surface area contributed by atoms with E-state index in [-0.39, 0.29) is 17.4 Å². The number of hydrogen-bond acceptors (Lipinski definition) is 4. The molecule has 23 heavy (non-hydrogen) atoms. The maximum absolute atomic E-state index is 12.6. The molecule has 0 saturated heterocycles. The molecule has 1 unspecified atom stereocenters. The molecule has 122 valence electrons. The summed E-state index contributed by atoms with van der Waals surface area (Å²) in [5, 5.41) is 4.11. The van der Waals surface area contributed by atoms with E-state index in [1.165, 1.54) is 16.9 Å². The molecule has 0 saturated carbocycles. The first-order valence-electron chi connectivity index (χ1n) is 7.76. The maximum Gasteiger partial charge on any atom is 0.263 e. The second-order valence-electron chi connectivity index (χ2n) is 6.90. The molecule has 2 aromatic rings. The van der Waals surface area contributed by atoms with Crippen molar-refractivity contribution >= 4 is 33.2 Å². The molecule has 2 aromatic heterocycles. The van der Waals surface area contributed by atoms with Gasteiger partial charge in [-0.05, 0) is 46.8 Å². The Hall–Kier alpha value is -1.27. The zero-order valence-corrected chi connectivity index (χ0v) is 15.9. The van der Waals surface area contributed by atoms with Crippen molar-refractivity contribution in [2.45, 2.75) is 51.5 Å². The highest BCUT2D eigenvalue weighted by atomic mass is 79.9. The molecule has 0 aromatic carbocycles. The molecule has 2 heterocycles. The molecule has 1 N–H and O–H groups in total. The summed E-state index contributed by atoms with van der Waals surface area (Å²) in [6.07, 6.45) is 6.49. The minimum Gasteiger partial charge on any atom is -0.343 e. The second-order valence-corrected chi connectivity index (χ2v) is 8.84. The van der Waals surface area contributed by atoms with Gasteiger partial charge in [0.2, 0.25) is 0 Å². The minimum atomic E-state index is -0.0550. The Balaban J connectivity index is 1.78. The van der Waals surface area contributed by atoms with E-state index in [1.807, 2.05) is 0 Å². The number of halogens is 1. The summed E-state index contributed by atoms with van der Waals surface area (Å²) >= 11 is 4.93. The van der Waals surface area contributed by atoms with Crippen LogP contribution in [0, 0.1) is 0 Å². The molecule has 6 heteroatoms. The molecule has 0 bridgehead atoms. The van der Waals surface area contributed by atoms with Crippen LogP contribution in [-0.2, 0) is 11.8 Å². The number of aromatic nitrogens is 2. The summed E-state index contributed by atoms with van der Waals surface area (Å²) in [5.74, 6) is -0.0550. The van der Waals surface area contributed by atoms with Crippen LogP contribution in [0.5, 0.6) is 0 Å². The third-order valence-electron chi connectivity index (χ3n) is 3.91. The van der Waals surface area contributed by atoms with Crippen LogP contribution < -0.4 is 5.32 Å². The van der Waals surface area contributed by atoms with Crippen LogP contribution in [0.15, 0.2) is 22.9 Å². The Morgan fingerprint density at radius 1 is 1.35 bits per heavy atom. The third kappa shape index (κ3) is 3.63. The number of thiazole rings is 1. The van der Waals surface area contributed by atoms with Gasteiger partial charge in [-0.25, -0.2) is 4.98 Å². The number of nitrogens with one attached hydrogen (secondary N) is 1. The summed E-state index contributed by atoms with van der Waals surface area (Å²) in [6, 6.07) is 2.09. The van der Waals surface area contributed by atoms with Crippen molar-refractivity contribution in [2.24, 2.45) is 0 Å². The van der Waals surface area contributed by atoms with Crippen molar-refractivity contribution in [3.63, 3.8) is 0 Å². The van der Waals surface area contributed by atoms with Crippen LogP contribution in [0.1, 0.15) is 65.6 Å². The van der Waals surface area contributed by atoms with Gasteiger partial charge in [-0.2, -0.15) is 0 Å². The molecule has 4 nitrogen and oxygen atoms in total. The van der Waals surface area contributed by atoms with Crippen LogP contribution in [0.4, 0.5) is 0 Å². The summed E-state index contributed by atoms with van der Waals surface area (Å²) in [4.78, 5) is 22.1. The zero-order valence-electron chi connectivity index (χ0n) is 13.5. The third-order valence-corrected chi connectivity index (χ3v) is 5.77. The lowest BCUT2D eigenvalue weighted by Crippen LogP contribution is -2.31. The van der Waals surface area contributed by atoms with Crippen molar-refractivity contribution in [1.82, 2.24) is 15.3 Å². The fourth-order valence-electron chi connectivity index (χ4n) is 2.73. The first-order chi connectivity index (χ1) is 10.8. The molecule has 3 rings (SSSR count). The lowest BCUT2D eigenvalue weighted by Gasteiger charge is -2.25. The van der Waals surface area contributed by atoms with Crippen LogP contribution >= 0.6 is 27.3 Å². The molecule has 1 amide bonds. The molecule has 0 radical (unpaired) electrons. The molecule has 1 aliphatic carbocycles. The SMILES string of the molecule is CC(C)(C)c1ncc(C(=O)NC2CCCc3cc(Br)cnc32)s1. The molecule has 1 atom stereocenters. The monoisotopic (exact) mass is 393 g/mol. The molecule has 0 aliphatic heterocycles. The number of amides is 1.